The molecule has 1 aliphatic carbocycles. The Bertz CT molecular complexity index is 590. The zero-order valence-electron chi connectivity index (χ0n) is 9.80. The van der Waals surface area contributed by atoms with Crippen molar-refractivity contribution in [2.45, 2.75) is 31.7 Å². The molecule has 0 saturated heterocycles. The van der Waals surface area contributed by atoms with Crippen molar-refractivity contribution < 1.29 is 4.39 Å². The van der Waals surface area contributed by atoms with E-state index in [-0.39, 0.29) is 5.02 Å². The molecule has 0 aliphatic heterocycles. The number of benzene rings is 1. The summed E-state index contributed by atoms with van der Waals surface area (Å²) < 4.78 is 15.5. The third-order valence-electron chi connectivity index (χ3n) is 3.45. The fourth-order valence-corrected chi connectivity index (χ4v) is 2.60. The summed E-state index contributed by atoms with van der Waals surface area (Å²) in [5.74, 6) is 1.52. The monoisotopic (exact) mass is 286 g/mol. The van der Waals surface area contributed by atoms with E-state index in [0.29, 0.717) is 11.4 Å². The number of fused-ring (bicyclic) bond motifs is 1. The number of nitrogens with zero attached hydrogens (tertiary/aromatic N) is 2. The molecule has 18 heavy (non-hydrogen) atoms. The van der Waals surface area contributed by atoms with Crippen molar-refractivity contribution in [3.63, 3.8) is 0 Å². The highest BCUT2D eigenvalue weighted by molar-refractivity contribution is 6.31. The molecule has 96 valence electrons. The van der Waals surface area contributed by atoms with E-state index in [1.165, 1.54) is 18.9 Å². The summed E-state index contributed by atoms with van der Waals surface area (Å²) in [7, 11) is 0. The van der Waals surface area contributed by atoms with Crippen molar-refractivity contribution in [1.82, 2.24) is 9.55 Å². The van der Waals surface area contributed by atoms with E-state index in [1.54, 1.807) is 6.07 Å². The van der Waals surface area contributed by atoms with Crippen molar-refractivity contribution in [3.8, 4) is 0 Å². The first-order valence-electron chi connectivity index (χ1n) is 6.09. The maximum absolute atomic E-state index is 13.4. The number of halogens is 3. The van der Waals surface area contributed by atoms with Crippen LogP contribution in [-0.4, -0.2) is 9.55 Å². The zero-order chi connectivity index (χ0) is 12.7. The van der Waals surface area contributed by atoms with Gasteiger partial charge in [0.15, 0.2) is 0 Å². The molecule has 0 radical (unpaired) electrons. The molecule has 0 N–H and O–H groups in total. The molecule has 0 atom stereocenters. The van der Waals surface area contributed by atoms with Gasteiger partial charge in [-0.05, 0) is 18.4 Å². The van der Waals surface area contributed by atoms with Gasteiger partial charge in [0, 0.05) is 12.6 Å². The molecule has 1 aliphatic rings. The van der Waals surface area contributed by atoms with Crippen LogP contribution in [0.1, 0.15) is 25.1 Å². The van der Waals surface area contributed by atoms with Crippen LogP contribution in [0.15, 0.2) is 12.1 Å². The number of hydrogen-bond acceptors (Lipinski definition) is 1. The second-order valence-electron chi connectivity index (χ2n) is 4.80. The van der Waals surface area contributed by atoms with Crippen LogP contribution in [0.5, 0.6) is 0 Å². The Balaban J connectivity index is 2.04. The number of imidazole rings is 1. The minimum atomic E-state index is -0.433. The third-order valence-corrected chi connectivity index (χ3v) is 3.98. The topological polar surface area (TPSA) is 17.8 Å². The van der Waals surface area contributed by atoms with Gasteiger partial charge in [0.05, 0.1) is 21.9 Å². The lowest BCUT2D eigenvalue weighted by Crippen LogP contribution is -2.03. The van der Waals surface area contributed by atoms with Gasteiger partial charge in [-0.25, -0.2) is 9.37 Å². The zero-order valence-corrected chi connectivity index (χ0v) is 11.3. The number of alkyl halides is 1. The van der Waals surface area contributed by atoms with Gasteiger partial charge in [0.2, 0.25) is 0 Å². The summed E-state index contributed by atoms with van der Waals surface area (Å²) in [5, 5.41) is 0.135. The van der Waals surface area contributed by atoms with E-state index < -0.39 is 5.82 Å². The van der Waals surface area contributed by atoms with Crippen LogP contribution >= 0.6 is 23.2 Å². The van der Waals surface area contributed by atoms with Crippen LogP contribution < -0.4 is 0 Å². The summed E-state index contributed by atoms with van der Waals surface area (Å²) >= 11 is 11.7. The molecule has 1 aromatic carbocycles. The van der Waals surface area contributed by atoms with E-state index >= 15 is 0 Å². The van der Waals surface area contributed by atoms with Crippen LogP contribution in [0.4, 0.5) is 4.39 Å². The number of hydrogen-bond donors (Lipinski definition) is 0. The second kappa shape index (κ2) is 4.71. The van der Waals surface area contributed by atoms with Gasteiger partial charge in [0.1, 0.15) is 11.6 Å². The fraction of sp³-hybridized carbons (Fsp3) is 0.462. The Morgan fingerprint density at radius 1 is 1.39 bits per heavy atom. The van der Waals surface area contributed by atoms with E-state index in [4.69, 9.17) is 23.2 Å². The molecule has 1 heterocycles. The van der Waals surface area contributed by atoms with Crippen LogP contribution in [-0.2, 0) is 12.4 Å². The normalized spacial score (nSPS) is 15.5. The van der Waals surface area contributed by atoms with Gasteiger partial charge >= 0.3 is 0 Å². The van der Waals surface area contributed by atoms with Gasteiger partial charge in [-0.1, -0.05) is 24.4 Å². The highest BCUT2D eigenvalue weighted by Crippen LogP contribution is 2.34. The van der Waals surface area contributed by atoms with Gasteiger partial charge in [-0.2, -0.15) is 0 Å². The molecule has 0 spiro atoms. The third kappa shape index (κ3) is 2.21. The standard InChI is InChI=1S/C13H13Cl2FN2/c14-7-13-17-11-6-10(16)9(15)5-12(11)18(13)4-3-8-1-2-8/h5-6,8H,1-4,7H2. The molecule has 0 unspecified atom stereocenters. The summed E-state index contributed by atoms with van der Waals surface area (Å²) in [6.45, 7) is 0.880. The number of rotatable bonds is 4. The summed E-state index contributed by atoms with van der Waals surface area (Å²) in [6.07, 6.45) is 3.76. The Hall–Kier alpha value is -0.800. The lowest BCUT2D eigenvalue weighted by Gasteiger charge is -2.07. The van der Waals surface area contributed by atoms with Crippen LogP contribution in [0.2, 0.25) is 5.02 Å². The van der Waals surface area contributed by atoms with Crippen molar-refractivity contribution in [2.24, 2.45) is 5.92 Å². The van der Waals surface area contributed by atoms with E-state index in [1.807, 2.05) is 0 Å². The van der Waals surface area contributed by atoms with Crippen molar-refractivity contribution >= 4 is 34.2 Å². The minimum Gasteiger partial charge on any atom is -0.327 e. The van der Waals surface area contributed by atoms with E-state index in [9.17, 15) is 4.39 Å². The van der Waals surface area contributed by atoms with Crippen molar-refractivity contribution in [2.75, 3.05) is 0 Å². The Morgan fingerprint density at radius 3 is 2.83 bits per heavy atom. The van der Waals surface area contributed by atoms with Gasteiger partial charge in [-0.3, -0.25) is 0 Å². The van der Waals surface area contributed by atoms with Crippen LogP contribution in [0.3, 0.4) is 0 Å². The molecule has 1 saturated carbocycles. The first kappa shape index (κ1) is 12.2. The first-order chi connectivity index (χ1) is 8.69. The molecule has 0 amide bonds. The maximum atomic E-state index is 13.4. The molecule has 2 nitrogen and oxygen atoms in total. The number of aryl methyl sites for hydroxylation is 1. The highest BCUT2D eigenvalue weighted by Gasteiger charge is 2.22. The summed E-state index contributed by atoms with van der Waals surface area (Å²) in [6, 6.07) is 3.02. The highest BCUT2D eigenvalue weighted by atomic mass is 35.5. The average molecular weight is 287 g/mol. The summed E-state index contributed by atoms with van der Waals surface area (Å²) in [4.78, 5) is 4.36. The van der Waals surface area contributed by atoms with Crippen molar-refractivity contribution in [3.05, 3.63) is 28.8 Å². The van der Waals surface area contributed by atoms with Crippen LogP contribution in [0, 0.1) is 11.7 Å². The van der Waals surface area contributed by atoms with Crippen molar-refractivity contribution in [1.29, 1.82) is 0 Å². The minimum absolute atomic E-state index is 0.135. The number of aromatic nitrogens is 2. The predicted molar refractivity (Wildman–Crippen MR) is 71.6 cm³/mol. The van der Waals surface area contributed by atoms with E-state index in [0.717, 1.165) is 30.2 Å². The lowest BCUT2D eigenvalue weighted by atomic mass is 10.2. The fourth-order valence-electron chi connectivity index (χ4n) is 2.24. The van der Waals surface area contributed by atoms with Gasteiger partial charge in [-0.15, -0.1) is 11.6 Å². The molecule has 3 rings (SSSR count). The maximum Gasteiger partial charge on any atom is 0.144 e. The smallest absolute Gasteiger partial charge is 0.144 e. The SMILES string of the molecule is Fc1cc2nc(CCl)n(CCC3CC3)c2cc1Cl. The Morgan fingerprint density at radius 2 is 2.17 bits per heavy atom. The molecular formula is C13H13Cl2FN2. The van der Waals surface area contributed by atoms with Gasteiger partial charge < -0.3 is 4.57 Å². The Labute approximate surface area is 115 Å². The quantitative estimate of drug-likeness (QED) is 0.764. The molecule has 2 aromatic rings. The second-order valence-corrected chi connectivity index (χ2v) is 5.47. The molecule has 1 aromatic heterocycles. The molecular weight excluding hydrogens is 274 g/mol. The summed E-state index contributed by atoms with van der Waals surface area (Å²) in [5.41, 5.74) is 1.50. The molecule has 1 fully saturated rings. The first-order valence-corrected chi connectivity index (χ1v) is 7.00. The largest absolute Gasteiger partial charge is 0.327 e. The Kier molecular flexibility index (Phi) is 3.20. The average Bonchev–Trinajstić information content (AvgIpc) is 3.11. The molecule has 5 heteroatoms. The predicted octanol–water partition coefficient (Wildman–Crippen LogP) is 4.37. The lowest BCUT2D eigenvalue weighted by molar-refractivity contribution is 0.594. The molecule has 0 bridgehead atoms. The van der Waals surface area contributed by atoms with Crippen LogP contribution in [0.25, 0.3) is 11.0 Å². The van der Waals surface area contributed by atoms with E-state index in [2.05, 4.69) is 9.55 Å². The van der Waals surface area contributed by atoms with Gasteiger partial charge in [0.25, 0.3) is 0 Å².